The number of furan rings is 1. The Balaban J connectivity index is 1.28. The summed E-state index contributed by atoms with van der Waals surface area (Å²) in [4.78, 5) is 34.4. The van der Waals surface area contributed by atoms with Crippen LogP contribution in [0, 0.1) is 0 Å². The summed E-state index contributed by atoms with van der Waals surface area (Å²) >= 11 is 0. The molecule has 8 nitrogen and oxygen atoms in total. The normalized spacial score (nSPS) is 10.6. The standard InChI is InChI=1S/C35H34O8/c1-3-33(36)40-20-6-5-19-39-30-17-15-25(16-18-30)28-13-14-29-24-31(43-32(29)23-28)26-9-11-27(12-10-26)35(38)42-22-8-7-21-41-34(37)4-2/h3-4,9-18,23-24H,1-2,5-8,19-22H2. The second kappa shape index (κ2) is 15.8. The lowest BCUT2D eigenvalue weighted by Gasteiger charge is -2.08. The zero-order valence-corrected chi connectivity index (χ0v) is 23.9. The first-order chi connectivity index (χ1) is 21.0. The van der Waals surface area contributed by atoms with Crippen LogP contribution in [0.25, 0.3) is 33.4 Å². The molecule has 3 aromatic carbocycles. The molecule has 0 saturated heterocycles. The van der Waals surface area contributed by atoms with Gasteiger partial charge < -0.3 is 23.4 Å². The molecular formula is C35H34O8. The van der Waals surface area contributed by atoms with Gasteiger partial charge in [0.25, 0.3) is 0 Å². The van der Waals surface area contributed by atoms with Crippen molar-refractivity contribution in [1.29, 1.82) is 0 Å². The van der Waals surface area contributed by atoms with Crippen molar-refractivity contribution in [3.8, 4) is 28.2 Å². The highest BCUT2D eigenvalue weighted by Crippen LogP contribution is 2.32. The fraction of sp³-hybridized carbons (Fsp3) is 0.229. The third-order valence-corrected chi connectivity index (χ3v) is 6.51. The number of rotatable bonds is 16. The highest BCUT2D eigenvalue weighted by Gasteiger charge is 2.11. The SMILES string of the molecule is C=CC(=O)OCCCCOC(=O)c1ccc(-c2cc3ccc(-c4ccc(OCCCCOC(=O)C=C)cc4)cc3o2)cc1. The molecule has 8 heteroatoms. The maximum absolute atomic E-state index is 12.4. The van der Waals surface area contributed by atoms with Gasteiger partial charge in [-0.1, -0.05) is 49.6 Å². The van der Waals surface area contributed by atoms with Crippen LogP contribution >= 0.6 is 0 Å². The van der Waals surface area contributed by atoms with Crippen LogP contribution in [0.4, 0.5) is 0 Å². The van der Waals surface area contributed by atoms with E-state index in [1.807, 2.05) is 60.7 Å². The Morgan fingerprint density at radius 1 is 0.628 bits per heavy atom. The Bertz CT molecular complexity index is 1550. The predicted octanol–water partition coefficient (Wildman–Crippen LogP) is 7.32. The first-order valence-electron chi connectivity index (χ1n) is 14.1. The quantitative estimate of drug-likeness (QED) is 0.0586. The van der Waals surface area contributed by atoms with E-state index in [0.29, 0.717) is 37.4 Å². The van der Waals surface area contributed by atoms with Crippen molar-refractivity contribution in [1.82, 2.24) is 0 Å². The van der Waals surface area contributed by atoms with Crippen LogP contribution in [0.5, 0.6) is 5.75 Å². The number of benzene rings is 3. The first kappa shape index (κ1) is 30.8. The van der Waals surface area contributed by atoms with E-state index < -0.39 is 17.9 Å². The zero-order valence-electron chi connectivity index (χ0n) is 23.9. The molecule has 0 N–H and O–H groups in total. The summed E-state index contributed by atoms with van der Waals surface area (Å²) in [5.74, 6) is 0.183. The summed E-state index contributed by atoms with van der Waals surface area (Å²) in [6.45, 7) is 8.10. The zero-order chi connectivity index (χ0) is 30.4. The molecular weight excluding hydrogens is 548 g/mol. The third kappa shape index (κ3) is 9.19. The number of unbranched alkanes of at least 4 members (excludes halogenated alkanes) is 2. The van der Waals surface area contributed by atoms with Crippen LogP contribution in [0.3, 0.4) is 0 Å². The second-order valence-corrected chi connectivity index (χ2v) is 9.61. The van der Waals surface area contributed by atoms with Crippen molar-refractivity contribution >= 4 is 28.9 Å². The molecule has 0 fully saturated rings. The number of carbonyl (C=O) groups excluding carboxylic acids is 3. The van der Waals surface area contributed by atoms with Gasteiger partial charge in [-0.3, -0.25) is 0 Å². The summed E-state index contributed by atoms with van der Waals surface area (Å²) in [5.41, 5.74) is 4.10. The summed E-state index contributed by atoms with van der Waals surface area (Å²) in [6.07, 6.45) is 4.95. The molecule has 4 rings (SSSR count). The van der Waals surface area contributed by atoms with Crippen molar-refractivity contribution in [2.45, 2.75) is 25.7 Å². The third-order valence-electron chi connectivity index (χ3n) is 6.51. The number of hydrogen-bond acceptors (Lipinski definition) is 8. The van der Waals surface area contributed by atoms with Gasteiger partial charge in [0, 0.05) is 23.1 Å². The van der Waals surface area contributed by atoms with Gasteiger partial charge >= 0.3 is 17.9 Å². The van der Waals surface area contributed by atoms with Gasteiger partial charge in [0.1, 0.15) is 17.1 Å². The molecule has 0 bridgehead atoms. The fourth-order valence-corrected chi connectivity index (χ4v) is 4.18. The van der Waals surface area contributed by atoms with Crippen molar-refractivity contribution in [2.75, 3.05) is 26.4 Å². The highest BCUT2D eigenvalue weighted by molar-refractivity contribution is 5.91. The maximum atomic E-state index is 12.4. The second-order valence-electron chi connectivity index (χ2n) is 9.61. The highest BCUT2D eigenvalue weighted by atomic mass is 16.5. The number of carbonyl (C=O) groups is 3. The molecule has 0 atom stereocenters. The van der Waals surface area contributed by atoms with Crippen LogP contribution in [-0.2, 0) is 23.8 Å². The molecule has 0 amide bonds. The molecule has 0 spiro atoms. The molecule has 4 aromatic rings. The van der Waals surface area contributed by atoms with E-state index in [0.717, 1.165) is 58.4 Å². The van der Waals surface area contributed by atoms with Gasteiger partial charge in [0.15, 0.2) is 0 Å². The average Bonchev–Trinajstić information content (AvgIpc) is 3.48. The molecule has 0 unspecified atom stereocenters. The average molecular weight is 583 g/mol. The Labute approximate surface area is 250 Å². The number of esters is 3. The fourth-order valence-electron chi connectivity index (χ4n) is 4.18. The van der Waals surface area contributed by atoms with Crippen LogP contribution in [0.2, 0.25) is 0 Å². The van der Waals surface area contributed by atoms with Crippen LogP contribution in [0.15, 0.2) is 103 Å². The lowest BCUT2D eigenvalue weighted by Crippen LogP contribution is -2.08. The molecule has 0 aliphatic carbocycles. The van der Waals surface area contributed by atoms with E-state index in [4.69, 9.17) is 23.4 Å². The lowest BCUT2D eigenvalue weighted by molar-refractivity contribution is -0.138. The largest absolute Gasteiger partial charge is 0.494 e. The Kier molecular flexibility index (Phi) is 11.3. The van der Waals surface area contributed by atoms with E-state index in [9.17, 15) is 14.4 Å². The van der Waals surface area contributed by atoms with Crippen molar-refractivity contribution in [3.05, 3.63) is 104 Å². The molecule has 0 saturated carbocycles. The Morgan fingerprint density at radius 3 is 1.81 bits per heavy atom. The van der Waals surface area contributed by atoms with Gasteiger partial charge in [-0.05, 0) is 73.2 Å². The van der Waals surface area contributed by atoms with Crippen LogP contribution < -0.4 is 4.74 Å². The van der Waals surface area contributed by atoms with Crippen molar-refractivity contribution < 1.29 is 37.7 Å². The van der Waals surface area contributed by atoms with Gasteiger partial charge in [0.2, 0.25) is 0 Å². The predicted molar refractivity (Wildman–Crippen MR) is 164 cm³/mol. The van der Waals surface area contributed by atoms with Gasteiger partial charge in [-0.15, -0.1) is 0 Å². The Morgan fingerprint density at radius 2 is 1.19 bits per heavy atom. The molecule has 1 aromatic heterocycles. The van der Waals surface area contributed by atoms with Crippen molar-refractivity contribution in [3.63, 3.8) is 0 Å². The van der Waals surface area contributed by atoms with E-state index in [1.54, 1.807) is 12.1 Å². The minimum absolute atomic E-state index is 0.241. The van der Waals surface area contributed by atoms with Gasteiger partial charge in [-0.25, -0.2) is 14.4 Å². The van der Waals surface area contributed by atoms with Crippen LogP contribution in [-0.4, -0.2) is 44.3 Å². The van der Waals surface area contributed by atoms with E-state index in [1.165, 1.54) is 0 Å². The number of hydrogen-bond donors (Lipinski definition) is 0. The van der Waals surface area contributed by atoms with Crippen molar-refractivity contribution in [2.24, 2.45) is 0 Å². The molecule has 1 heterocycles. The van der Waals surface area contributed by atoms with Gasteiger partial charge in [0.05, 0.1) is 32.0 Å². The number of ether oxygens (including phenoxy) is 4. The van der Waals surface area contributed by atoms with E-state index in [2.05, 4.69) is 13.2 Å². The topological polar surface area (TPSA) is 101 Å². The smallest absolute Gasteiger partial charge is 0.338 e. The lowest BCUT2D eigenvalue weighted by atomic mass is 10.0. The number of fused-ring (bicyclic) bond motifs is 1. The first-order valence-corrected chi connectivity index (χ1v) is 14.1. The summed E-state index contributed by atoms with van der Waals surface area (Å²) < 4.78 is 27.1. The summed E-state index contributed by atoms with van der Waals surface area (Å²) in [6, 6.07) is 23.0. The minimum atomic E-state index is -0.463. The van der Waals surface area contributed by atoms with Gasteiger partial charge in [-0.2, -0.15) is 0 Å². The van der Waals surface area contributed by atoms with E-state index >= 15 is 0 Å². The molecule has 222 valence electrons. The minimum Gasteiger partial charge on any atom is -0.494 e. The summed E-state index contributed by atoms with van der Waals surface area (Å²) in [5, 5.41) is 0.972. The monoisotopic (exact) mass is 582 g/mol. The maximum Gasteiger partial charge on any atom is 0.338 e. The Hall–Kier alpha value is -5.11. The molecule has 43 heavy (non-hydrogen) atoms. The summed E-state index contributed by atoms with van der Waals surface area (Å²) in [7, 11) is 0. The molecule has 0 aliphatic rings. The molecule has 0 aliphatic heterocycles. The van der Waals surface area contributed by atoms with E-state index in [-0.39, 0.29) is 13.2 Å². The molecule has 0 radical (unpaired) electrons. The van der Waals surface area contributed by atoms with Crippen LogP contribution in [0.1, 0.15) is 36.0 Å².